The lowest BCUT2D eigenvalue weighted by molar-refractivity contribution is 0.0794. The van der Waals surface area contributed by atoms with E-state index in [1.54, 1.807) is 0 Å². The fraction of sp³-hybridized carbons (Fsp3) is 0.947. The van der Waals surface area contributed by atoms with Crippen LogP contribution >= 0.6 is 35.7 Å². The number of hydrogen-bond acceptors (Lipinski definition) is 4. The van der Waals surface area contributed by atoms with Gasteiger partial charge in [-0.25, -0.2) is 0 Å². The summed E-state index contributed by atoms with van der Waals surface area (Å²) in [6.45, 7) is 11.6. The second-order valence-corrected chi connectivity index (χ2v) is 8.58. The van der Waals surface area contributed by atoms with Crippen LogP contribution in [-0.2, 0) is 4.74 Å². The van der Waals surface area contributed by atoms with Crippen LogP contribution in [-0.4, -0.2) is 73.8 Å². The van der Waals surface area contributed by atoms with E-state index in [9.17, 15) is 0 Å². The number of piperidine rings is 1. The maximum absolute atomic E-state index is 5.54. The van der Waals surface area contributed by atoms with E-state index in [0.29, 0.717) is 6.04 Å². The van der Waals surface area contributed by atoms with Crippen molar-refractivity contribution in [3.8, 4) is 0 Å². The number of nitrogens with one attached hydrogen (secondary N) is 2. The zero-order valence-electron chi connectivity index (χ0n) is 16.9. The highest BCUT2D eigenvalue weighted by molar-refractivity contribution is 14.0. The normalized spacial score (nSPS) is 21.9. The van der Waals surface area contributed by atoms with Crippen LogP contribution in [0.15, 0.2) is 4.99 Å². The summed E-state index contributed by atoms with van der Waals surface area (Å²) in [4.78, 5) is 7.55. The summed E-state index contributed by atoms with van der Waals surface area (Å²) in [5.74, 6) is 0.995. The number of hydrogen-bond donors (Lipinski definition) is 2. The molecule has 7 heteroatoms. The van der Waals surface area contributed by atoms with Crippen molar-refractivity contribution in [2.75, 3.05) is 52.2 Å². The molecule has 2 N–H and O–H groups in total. The predicted molar refractivity (Wildman–Crippen MR) is 125 cm³/mol. The van der Waals surface area contributed by atoms with Crippen LogP contribution in [0.3, 0.4) is 0 Å². The first-order valence-corrected chi connectivity index (χ1v) is 11.3. The molecule has 0 aromatic carbocycles. The first-order chi connectivity index (χ1) is 12.2. The molecule has 0 amide bonds. The van der Waals surface area contributed by atoms with Gasteiger partial charge in [0.25, 0.3) is 0 Å². The van der Waals surface area contributed by atoms with E-state index >= 15 is 0 Å². The highest BCUT2D eigenvalue weighted by Gasteiger charge is 2.31. The SMILES string of the molecule is CCCCN1CCC(NC(=NCC2(SC)CCOCC2)NCC)CC1.I. The molecule has 2 saturated heterocycles. The van der Waals surface area contributed by atoms with Crippen molar-refractivity contribution < 1.29 is 4.74 Å². The molecule has 0 spiro atoms. The van der Waals surface area contributed by atoms with Crippen LogP contribution in [0, 0.1) is 0 Å². The van der Waals surface area contributed by atoms with Crippen LogP contribution in [0.4, 0.5) is 0 Å². The molecule has 0 radical (unpaired) electrons. The maximum Gasteiger partial charge on any atom is 0.191 e. The van der Waals surface area contributed by atoms with Gasteiger partial charge < -0.3 is 20.3 Å². The fourth-order valence-electron chi connectivity index (χ4n) is 3.59. The largest absolute Gasteiger partial charge is 0.381 e. The van der Waals surface area contributed by atoms with Gasteiger partial charge in [0.1, 0.15) is 0 Å². The molecule has 0 saturated carbocycles. The first kappa shape index (κ1) is 24.3. The van der Waals surface area contributed by atoms with Gasteiger partial charge in [0.2, 0.25) is 0 Å². The van der Waals surface area contributed by atoms with Gasteiger partial charge >= 0.3 is 0 Å². The Balaban J connectivity index is 0.00000338. The van der Waals surface area contributed by atoms with Gasteiger partial charge in [-0.3, -0.25) is 4.99 Å². The Morgan fingerprint density at radius 2 is 1.92 bits per heavy atom. The number of guanidine groups is 1. The Labute approximate surface area is 181 Å². The van der Waals surface area contributed by atoms with E-state index in [1.165, 1.54) is 45.3 Å². The first-order valence-electron chi connectivity index (χ1n) is 10.1. The second kappa shape index (κ2) is 13.4. The molecule has 154 valence electrons. The molecule has 0 bridgehead atoms. The lowest BCUT2D eigenvalue weighted by Gasteiger charge is -2.35. The van der Waals surface area contributed by atoms with E-state index < -0.39 is 0 Å². The van der Waals surface area contributed by atoms with Gasteiger partial charge in [0, 0.05) is 43.6 Å². The molecule has 0 atom stereocenters. The topological polar surface area (TPSA) is 48.9 Å². The molecule has 0 aliphatic carbocycles. The summed E-state index contributed by atoms with van der Waals surface area (Å²) < 4.78 is 5.80. The maximum atomic E-state index is 5.54. The van der Waals surface area contributed by atoms with E-state index in [-0.39, 0.29) is 28.7 Å². The number of ether oxygens (including phenoxy) is 1. The molecule has 2 aliphatic rings. The zero-order valence-corrected chi connectivity index (χ0v) is 20.0. The Morgan fingerprint density at radius 3 is 2.50 bits per heavy atom. The molecule has 5 nitrogen and oxygen atoms in total. The highest BCUT2D eigenvalue weighted by Crippen LogP contribution is 2.34. The van der Waals surface area contributed by atoms with Crippen molar-refractivity contribution in [2.45, 2.75) is 63.2 Å². The van der Waals surface area contributed by atoms with Crippen molar-refractivity contribution >= 4 is 41.7 Å². The van der Waals surface area contributed by atoms with Crippen LogP contribution in [0.1, 0.15) is 52.4 Å². The van der Waals surface area contributed by atoms with Crippen LogP contribution in [0.5, 0.6) is 0 Å². The summed E-state index contributed by atoms with van der Waals surface area (Å²) in [7, 11) is 0. The standard InChI is InChI=1S/C19H38N4OS.HI/c1-4-6-11-23-12-7-17(8-13-23)22-18(20-5-2)21-16-19(25-3)9-14-24-15-10-19;/h17H,4-16H2,1-3H3,(H2,20,21,22);1H. The summed E-state index contributed by atoms with van der Waals surface area (Å²) in [5.41, 5.74) is 0. The van der Waals surface area contributed by atoms with Gasteiger partial charge in [-0.1, -0.05) is 13.3 Å². The lowest BCUT2D eigenvalue weighted by Crippen LogP contribution is -2.49. The van der Waals surface area contributed by atoms with E-state index in [1.807, 2.05) is 11.8 Å². The molecule has 0 unspecified atom stereocenters. The van der Waals surface area contributed by atoms with Gasteiger partial charge in [-0.15, -0.1) is 24.0 Å². The minimum Gasteiger partial charge on any atom is -0.381 e. The van der Waals surface area contributed by atoms with Gasteiger partial charge in [0.15, 0.2) is 5.96 Å². The van der Waals surface area contributed by atoms with E-state index in [4.69, 9.17) is 9.73 Å². The molecule has 0 aromatic heterocycles. The third-order valence-corrected chi connectivity index (χ3v) is 6.87. The Morgan fingerprint density at radius 1 is 1.23 bits per heavy atom. The number of aliphatic imine (C=N–C) groups is 1. The van der Waals surface area contributed by atoms with Gasteiger partial charge in [-0.05, 0) is 51.8 Å². The van der Waals surface area contributed by atoms with Gasteiger partial charge in [0.05, 0.1) is 6.54 Å². The number of likely N-dealkylation sites (tertiary alicyclic amines) is 1. The zero-order chi connectivity index (χ0) is 18.0. The van der Waals surface area contributed by atoms with Crippen LogP contribution in [0.2, 0.25) is 0 Å². The van der Waals surface area contributed by atoms with Crippen LogP contribution in [0.25, 0.3) is 0 Å². The third kappa shape index (κ3) is 8.10. The van der Waals surface area contributed by atoms with Crippen LogP contribution < -0.4 is 10.6 Å². The van der Waals surface area contributed by atoms with Gasteiger partial charge in [-0.2, -0.15) is 11.8 Å². The van der Waals surface area contributed by atoms with Crippen molar-refractivity contribution in [3.63, 3.8) is 0 Å². The Bertz CT molecular complexity index is 397. The summed E-state index contributed by atoms with van der Waals surface area (Å²) in [5, 5.41) is 7.13. The summed E-state index contributed by atoms with van der Waals surface area (Å²) >= 11 is 1.96. The molecule has 0 aromatic rings. The monoisotopic (exact) mass is 498 g/mol. The van der Waals surface area contributed by atoms with E-state index in [2.05, 4.69) is 35.6 Å². The third-order valence-electron chi connectivity index (χ3n) is 5.46. The average Bonchev–Trinajstić information content (AvgIpc) is 2.66. The molecule has 2 rings (SSSR count). The molecule has 2 fully saturated rings. The molecule has 26 heavy (non-hydrogen) atoms. The highest BCUT2D eigenvalue weighted by atomic mass is 127. The number of thioether (sulfide) groups is 1. The quantitative estimate of drug-likeness (QED) is 0.306. The number of unbranched alkanes of at least 4 members (excludes halogenated alkanes) is 1. The summed E-state index contributed by atoms with van der Waals surface area (Å²) in [6.07, 6.45) is 9.47. The van der Waals surface area contributed by atoms with Crippen molar-refractivity contribution in [1.29, 1.82) is 0 Å². The number of halogens is 1. The second-order valence-electron chi connectivity index (χ2n) is 7.31. The Kier molecular flexibility index (Phi) is 12.6. The molecular weight excluding hydrogens is 459 g/mol. The minimum absolute atomic E-state index is 0. The number of nitrogens with zero attached hydrogens (tertiary/aromatic N) is 2. The van der Waals surface area contributed by atoms with Crippen molar-refractivity contribution in [1.82, 2.24) is 15.5 Å². The predicted octanol–water partition coefficient (Wildman–Crippen LogP) is 3.34. The lowest BCUT2D eigenvalue weighted by atomic mass is 9.99. The molecular formula is C19H39IN4OS. The molecule has 2 heterocycles. The Hall–Kier alpha value is 0.270. The minimum atomic E-state index is 0. The van der Waals surface area contributed by atoms with Crippen molar-refractivity contribution in [2.24, 2.45) is 4.99 Å². The molecule has 2 aliphatic heterocycles. The fourth-order valence-corrected chi connectivity index (χ4v) is 4.36. The smallest absolute Gasteiger partial charge is 0.191 e. The average molecular weight is 499 g/mol. The summed E-state index contributed by atoms with van der Waals surface area (Å²) in [6, 6.07) is 0.551. The van der Waals surface area contributed by atoms with E-state index in [0.717, 1.165) is 45.1 Å². The number of rotatable bonds is 8. The van der Waals surface area contributed by atoms with Crippen molar-refractivity contribution in [3.05, 3.63) is 0 Å².